The van der Waals surface area contributed by atoms with E-state index < -0.39 is 0 Å². The average molecular weight is 201 g/mol. The molecule has 13 heavy (non-hydrogen) atoms. The van der Waals surface area contributed by atoms with Crippen LogP contribution in [0.1, 0.15) is 24.0 Å². The van der Waals surface area contributed by atoms with Crippen LogP contribution in [0.4, 0.5) is 0 Å². The molecule has 0 aliphatic heterocycles. The second kappa shape index (κ2) is 3.99. The van der Waals surface area contributed by atoms with Crippen LogP contribution in [0.2, 0.25) is 5.02 Å². The second-order valence-corrected chi connectivity index (χ2v) is 3.60. The Kier molecular flexibility index (Phi) is 3.17. The van der Waals surface area contributed by atoms with Crippen LogP contribution in [0, 0.1) is 6.92 Å². The van der Waals surface area contributed by atoms with Crippen molar-refractivity contribution in [2.75, 3.05) is 6.61 Å². The van der Waals surface area contributed by atoms with Crippen LogP contribution in [-0.2, 0) is 0 Å². The van der Waals surface area contributed by atoms with E-state index in [9.17, 15) is 5.11 Å². The normalized spacial score (nSPS) is 12.9. The topological polar surface area (TPSA) is 40.5 Å². The monoisotopic (exact) mass is 200 g/mol. The van der Waals surface area contributed by atoms with Crippen molar-refractivity contribution in [2.45, 2.75) is 19.8 Å². The molecule has 1 rings (SSSR count). The molecule has 0 aromatic heterocycles. The predicted molar refractivity (Wildman–Crippen MR) is 53.4 cm³/mol. The summed E-state index contributed by atoms with van der Waals surface area (Å²) in [6.45, 7) is 3.69. The predicted octanol–water partition coefficient (Wildman–Crippen LogP) is 2.45. The van der Waals surface area contributed by atoms with E-state index in [2.05, 4.69) is 0 Å². The van der Waals surface area contributed by atoms with Crippen LogP contribution in [0.5, 0.6) is 5.75 Å². The zero-order chi connectivity index (χ0) is 10.0. The maximum absolute atomic E-state index is 9.55. The summed E-state index contributed by atoms with van der Waals surface area (Å²) in [4.78, 5) is 0. The van der Waals surface area contributed by atoms with Gasteiger partial charge in [0.1, 0.15) is 5.75 Å². The molecule has 3 heteroatoms. The molecule has 0 aliphatic rings. The Bertz CT molecular complexity index is 310. The molecule has 0 fully saturated rings. The first-order valence-corrected chi connectivity index (χ1v) is 4.54. The molecule has 0 saturated carbocycles. The lowest BCUT2D eigenvalue weighted by molar-refractivity contribution is 0.270. The lowest BCUT2D eigenvalue weighted by Crippen LogP contribution is -2.02. The Morgan fingerprint density at radius 3 is 2.62 bits per heavy atom. The quantitative estimate of drug-likeness (QED) is 0.770. The van der Waals surface area contributed by atoms with Crippen LogP contribution in [0.15, 0.2) is 12.1 Å². The van der Waals surface area contributed by atoms with Gasteiger partial charge in [0.25, 0.3) is 0 Å². The summed E-state index contributed by atoms with van der Waals surface area (Å²) < 4.78 is 0. The Labute approximate surface area is 82.8 Å². The minimum Gasteiger partial charge on any atom is -0.508 e. The first kappa shape index (κ1) is 10.4. The number of phenolic OH excluding ortho intramolecular Hbond substituents is 1. The van der Waals surface area contributed by atoms with Gasteiger partial charge < -0.3 is 10.2 Å². The van der Waals surface area contributed by atoms with Crippen molar-refractivity contribution in [1.29, 1.82) is 0 Å². The summed E-state index contributed by atoms with van der Waals surface area (Å²) in [6.07, 6.45) is 0. The van der Waals surface area contributed by atoms with Crippen LogP contribution in [-0.4, -0.2) is 16.8 Å². The van der Waals surface area contributed by atoms with Gasteiger partial charge >= 0.3 is 0 Å². The number of hydrogen-bond acceptors (Lipinski definition) is 2. The van der Waals surface area contributed by atoms with Crippen LogP contribution in [0.3, 0.4) is 0 Å². The van der Waals surface area contributed by atoms with Gasteiger partial charge in [0, 0.05) is 23.1 Å². The molecule has 0 saturated heterocycles. The second-order valence-electron chi connectivity index (χ2n) is 3.19. The highest BCUT2D eigenvalue weighted by Gasteiger charge is 2.14. The van der Waals surface area contributed by atoms with Crippen molar-refractivity contribution >= 4 is 11.6 Å². The minimum atomic E-state index is -0.0845. The van der Waals surface area contributed by atoms with Crippen molar-refractivity contribution < 1.29 is 10.2 Å². The molecular weight excluding hydrogens is 188 g/mol. The highest BCUT2D eigenvalue weighted by atomic mass is 35.5. The highest BCUT2D eigenvalue weighted by Crippen LogP contribution is 2.32. The van der Waals surface area contributed by atoms with E-state index in [4.69, 9.17) is 16.7 Å². The molecule has 1 aromatic carbocycles. The molecule has 72 valence electrons. The maximum atomic E-state index is 9.55. The van der Waals surface area contributed by atoms with Crippen molar-refractivity contribution in [3.05, 3.63) is 28.3 Å². The molecule has 1 atom stereocenters. The number of phenols is 1. The molecule has 0 spiro atoms. The molecule has 0 bridgehead atoms. The molecule has 0 radical (unpaired) electrons. The fourth-order valence-corrected chi connectivity index (χ4v) is 1.57. The zero-order valence-corrected chi connectivity index (χ0v) is 8.47. The number of aliphatic hydroxyl groups excluding tert-OH is 1. The molecular formula is C10H13ClO2. The highest BCUT2D eigenvalue weighted by molar-refractivity contribution is 6.31. The van der Waals surface area contributed by atoms with Gasteiger partial charge in [-0.1, -0.05) is 18.5 Å². The van der Waals surface area contributed by atoms with Gasteiger partial charge in [0.2, 0.25) is 0 Å². The van der Waals surface area contributed by atoms with E-state index in [0.29, 0.717) is 5.02 Å². The zero-order valence-electron chi connectivity index (χ0n) is 7.71. The Morgan fingerprint density at radius 2 is 2.08 bits per heavy atom. The first-order chi connectivity index (χ1) is 6.07. The van der Waals surface area contributed by atoms with Crippen LogP contribution in [0.25, 0.3) is 0 Å². The Hall–Kier alpha value is -0.730. The summed E-state index contributed by atoms with van der Waals surface area (Å²) >= 11 is 5.89. The number of hydrogen-bond donors (Lipinski definition) is 2. The third-order valence-electron chi connectivity index (χ3n) is 2.19. The molecule has 0 heterocycles. The summed E-state index contributed by atoms with van der Waals surface area (Å²) in [5, 5.41) is 19.1. The van der Waals surface area contributed by atoms with E-state index in [1.807, 2.05) is 13.8 Å². The Balaban J connectivity index is 3.25. The fraction of sp³-hybridized carbons (Fsp3) is 0.400. The van der Waals surface area contributed by atoms with Gasteiger partial charge in [-0.25, -0.2) is 0 Å². The van der Waals surface area contributed by atoms with E-state index in [-0.39, 0.29) is 18.3 Å². The largest absolute Gasteiger partial charge is 0.508 e. The Morgan fingerprint density at radius 1 is 1.46 bits per heavy atom. The number of aliphatic hydroxyl groups is 1. The van der Waals surface area contributed by atoms with Gasteiger partial charge in [-0.3, -0.25) is 0 Å². The maximum Gasteiger partial charge on any atom is 0.119 e. The van der Waals surface area contributed by atoms with E-state index in [1.165, 1.54) is 0 Å². The summed E-state index contributed by atoms with van der Waals surface area (Å²) in [5.41, 5.74) is 1.57. The van der Waals surface area contributed by atoms with E-state index >= 15 is 0 Å². The fourth-order valence-electron chi connectivity index (χ4n) is 1.40. The van der Waals surface area contributed by atoms with Crippen molar-refractivity contribution in [3.8, 4) is 5.75 Å². The number of halogens is 1. The molecule has 0 amide bonds. The average Bonchev–Trinajstić information content (AvgIpc) is 2.12. The number of rotatable bonds is 2. The number of benzene rings is 1. The van der Waals surface area contributed by atoms with E-state index in [1.54, 1.807) is 12.1 Å². The van der Waals surface area contributed by atoms with Gasteiger partial charge in [-0.15, -0.1) is 0 Å². The molecule has 1 unspecified atom stereocenters. The van der Waals surface area contributed by atoms with Gasteiger partial charge in [0.15, 0.2) is 0 Å². The van der Waals surface area contributed by atoms with Gasteiger partial charge in [0.05, 0.1) is 0 Å². The minimum absolute atomic E-state index is 0.00867. The van der Waals surface area contributed by atoms with Crippen molar-refractivity contribution in [2.24, 2.45) is 0 Å². The summed E-state index contributed by atoms with van der Waals surface area (Å²) in [6, 6.07) is 3.21. The summed E-state index contributed by atoms with van der Waals surface area (Å²) in [5.74, 6) is 0.113. The molecule has 2 N–H and O–H groups in total. The SMILES string of the molecule is Cc1c(Cl)ccc(O)c1C(C)CO. The summed E-state index contributed by atoms with van der Waals surface area (Å²) in [7, 11) is 0. The molecule has 0 aliphatic carbocycles. The standard InChI is InChI=1S/C10H13ClO2/c1-6(5-12)10-7(2)8(11)3-4-9(10)13/h3-4,6,12-13H,5H2,1-2H3. The molecule has 1 aromatic rings. The van der Waals surface area contributed by atoms with Crippen molar-refractivity contribution in [3.63, 3.8) is 0 Å². The lowest BCUT2D eigenvalue weighted by Gasteiger charge is -2.14. The smallest absolute Gasteiger partial charge is 0.119 e. The third kappa shape index (κ3) is 1.95. The van der Waals surface area contributed by atoms with Gasteiger partial charge in [-0.05, 0) is 24.6 Å². The first-order valence-electron chi connectivity index (χ1n) is 4.16. The van der Waals surface area contributed by atoms with Gasteiger partial charge in [-0.2, -0.15) is 0 Å². The lowest BCUT2D eigenvalue weighted by atomic mass is 9.96. The van der Waals surface area contributed by atoms with Crippen molar-refractivity contribution in [1.82, 2.24) is 0 Å². The van der Waals surface area contributed by atoms with Crippen LogP contribution < -0.4 is 0 Å². The van der Waals surface area contributed by atoms with E-state index in [0.717, 1.165) is 11.1 Å². The third-order valence-corrected chi connectivity index (χ3v) is 2.60. The number of aromatic hydroxyl groups is 1. The van der Waals surface area contributed by atoms with Crippen LogP contribution >= 0.6 is 11.6 Å². The molecule has 2 nitrogen and oxygen atoms in total.